The molecule has 0 bridgehead atoms. The maximum atomic E-state index is 3.44. The van der Waals surface area contributed by atoms with Gasteiger partial charge in [0.25, 0.3) is 0 Å². The lowest BCUT2D eigenvalue weighted by Gasteiger charge is -2.18. The Kier molecular flexibility index (Phi) is 12.3. The van der Waals surface area contributed by atoms with Crippen LogP contribution < -0.4 is 5.32 Å². The highest BCUT2D eigenvalue weighted by atomic mass is 15.1. The molecule has 0 radical (unpaired) electrons. The van der Waals surface area contributed by atoms with Crippen molar-refractivity contribution in [3.05, 3.63) is 0 Å². The van der Waals surface area contributed by atoms with Crippen molar-refractivity contribution in [2.45, 2.75) is 70.8 Å². The SMILES string of the molecule is CCCCCCCCCC(CCN(C)C)NC. The molecule has 0 saturated carbocycles. The van der Waals surface area contributed by atoms with Gasteiger partial charge in [-0.3, -0.25) is 0 Å². The first-order chi connectivity index (χ1) is 8.20. The fraction of sp³-hybridized carbons (Fsp3) is 1.00. The molecule has 0 aliphatic heterocycles. The summed E-state index contributed by atoms with van der Waals surface area (Å²) < 4.78 is 0. The van der Waals surface area contributed by atoms with E-state index in [1.165, 1.54) is 64.3 Å². The molecule has 0 saturated heterocycles. The second-order valence-electron chi connectivity index (χ2n) is 5.49. The second kappa shape index (κ2) is 12.4. The van der Waals surface area contributed by atoms with Gasteiger partial charge in [0.2, 0.25) is 0 Å². The average molecular weight is 242 g/mol. The Balaban J connectivity index is 3.31. The summed E-state index contributed by atoms with van der Waals surface area (Å²) in [5.74, 6) is 0. The van der Waals surface area contributed by atoms with Crippen molar-refractivity contribution in [1.82, 2.24) is 10.2 Å². The van der Waals surface area contributed by atoms with Gasteiger partial charge in [-0.15, -0.1) is 0 Å². The van der Waals surface area contributed by atoms with Gasteiger partial charge in [-0.1, -0.05) is 51.9 Å². The normalized spacial score (nSPS) is 13.2. The summed E-state index contributed by atoms with van der Waals surface area (Å²) in [4.78, 5) is 2.27. The van der Waals surface area contributed by atoms with Crippen LogP contribution >= 0.6 is 0 Å². The van der Waals surface area contributed by atoms with Crippen molar-refractivity contribution in [3.8, 4) is 0 Å². The largest absolute Gasteiger partial charge is 0.317 e. The van der Waals surface area contributed by atoms with Crippen LogP contribution in [0.1, 0.15) is 64.7 Å². The third-order valence-corrected chi connectivity index (χ3v) is 3.49. The minimum Gasteiger partial charge on any atom is -0.317 e. The third kappa shape index (κ3) is 12.2. The van der Waals surface area contributed by atoms with Crippen LogP contribution in [0.15, 0.2) is 0 Å². The molecule has 1 N–H and O–H groups in total. The van der Waals surface area contributed by atoms with Gasteiger partial charge in [0.1, 0.15) is 0 Å². The Morgan fingerprint density at radius 2 is 1.47 bits per heavy atom. The Hall–Kier alpha value is -0.0800. The van der Waals surface area contributed by atoms with Crippen LogP contribution in [0.25, 0.3) is 0 Å². The fourth-order valence-electron chi connectivity index (χ4n) is 2.19. The molecule has 0 aliphatic rings. The van der Waals surface area contributed by atoms with Crippen molar-refractivity contribution in [3.63, 3.8) is 0 Å². The maximum Gasteiger partial charge on any atom is 0.00762 e. The lowest BCUT2D eigenvalue weighted by molar-refractivity contribution is 0.352. The highest BCUT2D eigenvalue weighted by molar-refractivity contribution is 4.66. The third-order valence-electron chi connectivity index (χ3n) is 3.49. The van der Waals surface area contributed by atoms with Gasteiger partial charge in [0.15, 0.2) is 0 Å². The zero-order chi connectivity index (χ0) is 12.9. The van der Waals surface area contributed by atoms with Gasteiger partial charge in [0.05, 0.1) is 0 Å². The van der Waals surface area contributed by atoms with E-state index in [-0.39, 0.29) is 0 Å². The molecule has 1 atom stereocenters. The Morgan fingerprint density at radius 1 is 0.882 bits per heavy atom. The van der Waals surface area contributed by atoms with Crippen LogP contribution in [0.3, 0.4) is 0 Å². The summed E-state index contributed by atoms with van der Waals surface area (Å²) >= 11 is 0. The Labute approximate surface area is 109 Å². The van der Waals surface area contributed by atoms with Crippen molar-refractivity contribution in [2.75, 3.05) is 27.7 Å². The van der Waals surface area contributed by atoms with Crippen LogP contribution in [0.2, 0.25) is 0 Å². The summed E-state index contributed by atoms with van der Waals surface area (Å²) in [5, 5.41) is 3.44. The van der Waals surface area contributed by atoms with Crippen molar-refractivity contribution >= 4 is 0 Å². The predicted octanol–water partition coefficient (Wildman–Crippen LogP) is 3.67. The summed E-state index contributed by atoms with van der Waals surface area (Å²) in [6.07, 6.45) is 12.5. The predicted molar refractivity (Wildman–Crippen MR) is 78.6 cm³/mol. The lowest BCUT2D eigenvalue weighted by atomic mass is 10.0. The van der Waals surface area contributed by atoms with E-state index in [1.54, 1.807) is 0 Å². The highest BCUT2D eigenvalue weighted by Crippen LogP contribution is 2.11. The van der Waals surface area contributed by atoms with Crippen LogP contribution in [0.4, 0.5) is 0 Å². The second-order valence-corrected chi connectivity index (χ2v) is 5.49. The monoisotopic (exact) mass is 242 g/mol. The summed E-state index contributed by atoms with van der Waals surface area (Å²) in [5.41, 5.74) is 0. The van der Waals surface area contributed by atoms with E-state index in [4.69, 9.17) is 0 Å². The molecule has 0 spiro atoms. The van der Waals surface area contributed by atoms with Crippen LogP contribution in [0.5, 0.6) is 0 Å². The fourth-order valence-corrected chi connectivity index (χ4v) is 2.19. The molecule has 0 aromatic carbocycles. The van der Waals surface area contributed by atoms with Crippen LogP contribution in [-0.4, -0.2) is 38.6 Å². The first kappa shape index (κ1) is 16.9. The molecular weight excluding hydrogens is 208 g/mol. The molecule has 2 nitrogen and oxygen atoms in total. The number of hydrogen-bond donors (Lipinski definition) is 1. The minimum atomic E-state index is 0.716. The lowest BCUT2D eigenvalue weighted by Crippen LogP contribution is -2.29. The smallest absolute Gasteiger partial charge is 0.00762 e. The minimum absolute atomic E-state index is 0.716. The van der Waals surface area contributed by atoms with E-state index in [0.29, 0.717) is 6.04 Å². The number of hydrogen-bond acceptors (Lipinski definition) is 2. The quantitative estimate of drug-likeness (QED) is 0.525. The molecule has 17 heavy (non-hydrogen) atoms. The van der Waals surface area contributed by atoms with E-state index in [2.05, 4.69) is 38.3 Å². The zero-order valence-electron chi connectivity index (χ0n) is 12.6. The molecule has 0 aromatic heterocycles. The van der Waals surface area contributed by atoms with Gasteiger partial charge in [-0.2, -0.15) is 0 Å². The molecule has 0 amide bonds. The van der Waals surface area contributed by atoms with Crippen molar-refractivity contribution in [2.24, 2.45) is 0 Å². The van der Waals surface area contributed by atoms with Gasteiger partial charge in [-0.05, 0) is 40.5 Å². The van der Waals surface area contributed by atoms with E-state index in [0.717, 1.165) is 0 Å². The summed E-state index contributed by atoms with van der Waals surface area (Å²) in [6, 6.07) is 0.716. The zero-order valence-corrected chi connectivity index (χ0v) is 12.6. The van der Waals surface area contributed by atoms with Crippen molar-refractivity contribution in [1.29, 1.82) is 0 Å². The Morgan fingerprint density at radius 3 is 2.00 bits per heavy atom. The van der Waals surface area contributed by atoms with Gasteiger partial charge in [0, 0.05) is 6.04 Å². The molecule has 0 rings (SSSR count). The van der Waals surface area contributed by atoms with E-state index >= 15 is 0 Å². The van der Waals surface area contributed by atoms with Gasteiger partial charge >= 0.3 is 0 Å². The highest BCUT2D eigenvalue weighted by Gasteiger charge is 2.05. The molecule has 0 fully saturated rings. The molecule has 0 aliphatic carbocycles. The molecule has 0 heterocycles. The molecular formula is C15H34N2. The van der Waals surface area contributed by atoms with E-state index < -0.39 is 0 Å². The molecule has 1 unspecified atom stereocenters. The molecule has 104 valence electrons. The van der Waals surface area contributed by atoms with Crippen molar-refractivity contribution < 1.29 is 0 Å². The maximum absolute atomic E-state index is 3.44. The number of nitrogens with one attached hydrogen (secondary N) is 1. The number of nitrogens with zero attached hydrogens (tertiary/aromatic N) is 1. The number of unbranched alkanes of at least 4 members (excludes halogenated alkanes) is 6. The first-order valence-electron chi connectivity index (χ1n) is 7.52. The van der Waals surface area contributed by atoms with Gasteiger partial charge in [-0.25, -0.2) is 0 Å². The van der Waals surface area contributed by atoms with Crippen LogP contribution in [0, 0.1) is 0 Å². The van der Waals surface area contributed by atoms with Gasteiger partial charge < -0.3 is 10.2 Å². The Bertz CT molecular complexity index is 146. The summed E-state index contributed by atoms with van der Waals surface area (Å²) in [7, 11) is 6.41. The summed E-state index contributed by atoms with van der Waals surface area (Å²) in [6.45, 7) is 3.48. The van der Waals surface area contributed by atoms with E-state index in [9.17, 15) is 0 Å². The number of rotatable bonds is 12. The van der Waals surface area contributed by atoms with Crippen LogP contribution in [-0.2, 0) is 0 Å². The molecule has 2 heteroatoms. The topological polar surface area (TPSA) is 15.3 Å². The molecule has 0 aromatic rings. The first-order valence-corrected chi connectivity index (χ1v) is 7.52. The standard InChI is InChI=1S/C15H34N2/c1-5-6-7-8-9-10-11-12-15(16-2)13-14-17(3)4/h15-16H,5-14H2,1-4H3. The van der Waals surface area contributed by atoms with E-state index in [1.807, 2.05) is 0 Å². The average Bonchev–Trinajstić information content (AvgIpc) is 2.31.